The summed E-state index contributed by atoms with van der Waals surface area (Å²) in [5.41, 5.74) is 11.8. The molecule has 0 spiro atoms. The molecule has 0 unspecified atom stereocenters. The van der Waals surface area contributed by atoms with Crippen LogP contribution in [0.15, 0.2) is 24.3 Å². The lowest BCUT2D eigenvalue weighted by Gasteiger charge is -2.35. The zero-order valence-electron chi connectivity index (χ0n) is 39.7. The quantitative estimate of drug-likeness (QED) is 0.0510. The van der Waals surface area contributed by atoms with Crippen molar-refractivity contribution in [2.45, 2.75) is 150 Å². The molecule has 4 saturated heterocycles. The lowest BCUT2D eigenvalue weighted by molar-refractivity contribution is -0.152. The number of aliphatic hydroxyl groups excluding tert-OH is 5. The molecular formula is C45H68N10O16. The van der Waals surface area contributed by atoms with Gasteiger partial charge in [0.2, 0.25) is 47.3 Å². The Labute approximate surface area is 409 Å². The first-order valence-electron chi connectivity index (χ1n) is 23.8. The second-order valence-electron chi connectivity index (χ2n) is 18.8. The molecule has 1 aromatic rings. The molecule has 15 N–H and O–H groups in total. The number of phenolic OH excluding ortho intramolecular Hbond substituents is 1. The van der Waals surface area contributed by atoms with Crippen molar-refractivity contribution in [3.8, 4) is 5.75 Å². The van der Waals surface area contributed by atoms with Gasteiger partial charge in [-0.3, -0.25) is 38.4 Å². The summed E-state index contributed by atoms with van der Waals surface area (Å²) in [7, 11) is 0. The largest absolute Gasteiger partial charge is 0.508 e. The van der Waals surface area contributed by atoms with Crippen molar-refractivity contribution in [2.24, 2.45) is 11.5 Å². The number of aromatic hydroxyl groups is 1. The number of β-amino-alcohol motifs (C(OH)–C–C–N with tert-alkyl or cyclic N) is 3. The number of nitrogens with zero attached hydrogens (tertiary/aromatic N) is 4. The van der Waals surface area contributed by atoms with Gasteiger partial charge in [-0.05, 0) is 70.2 Å². The first kappa shape index (κ1) is 55.9. The molecule has 26 nitrogen and oxygen atoms in total. The minimum absolute atomic E-state index is 0.119. The molecule has 13 atom stereocenters. The molecule has 4 heterocycles. The van der Waals surface area contributed by atoms with Crippen molar-refractivity contribution in [3.05, 3.63) is 29.8 Å². The fraction of sp³-hybridized carbons (Fsp3) is 0.667. The van der Waals surface area contributed by atoms with E-state index in [0.29, 0.717) is 31.4 Å². The van der Waals surface area contributed by atoms with E-state index in [1.807, 2.05) is 0 Å². The van der Waals surface area contributed by atoms with Gasteiger partial charge in [-0.25, -0.2) is 4.79 Å². The van der Waals surface area contributed by atoms with Crippen LogP contribution in [0.3, 0.4) is 0 Å². The molecule has 0 bridgehead atoms. The van der Waals surface area contributed by atoms with Crippen LogP contribution in [0.4, 0.5) is 0 Å². The van der Waals surface area contributed by atoms with Gasteiger partial charge in [-0.15, -0.1) is 0 Å². The van der Waals surface area contributed by atoms with E-state index >= 15 is 0 Å². The minimum atomic E-state index is -1.75. The Kier molecular flexibility index (Phi) is 19.6. The van der Waals surface area contributed by atoms with Crippen LogP contribution in [0.25, 0.3) is 0 Å². The molecular weight excluding hydrogens is 937 g/mol. The van der Waals surface area contributed by atoms with Crippen LogP contribution in [0.2, 0.25) is 0 Å². The summed E-state index contributed by atoms with van der Waals surface area (Å²) in [6.07, 6.45) is -4.80. The Morgan fingerprint density at radius 2 is 1.20 bits per heavy atom. The summed E-state index contributed by atoms with van der Waals surface area (Å²) >= 11 is 0. The Balaban J connectivity index is 1.34. The van der Waals surface area contributed by atoms with E-state index in [0.717, 1.165) is 21.6 Å². The van der Waals surface area contributed by atoms with Gasteiger partial charge in [0.1, 0.15) is 48.0 Å². The molecule has 4 aliphatic rings. The molecule has 71 heavy (non-hydrogen) atoms. The number of carboxylic acids is 1. The number of aliphatic carboxylic acids is 1. The molecule has 26 heteroatoms. The summed E-state index contributed by atoms with van der Waals surface area (Å²) in [4.78, 5) is 127. The first-order valence-corrected chi connectivity index (χ1v) is 23.8. The molecule has 394 valence electrons. The van der Waals surface area contributed by atoms with Crippen LogP contribution in [0.5, 0.6) is 5.75 Å². The zero-order chi connectivity index (χ0) is 52.4. The van der Waals surface area contributed by atoms with Crippen molar-refractivity contribution in [2.75, 3.05) is 39.3 Å². The Morgan fingerprint density at radius 1 is 0.676 bits per heavy atom. The molecule has 0 aliphatic carbocycles. The molecule has 5 rings (SSSR count). The number of nitrogens with two attached hydrogens (primary N) is 2. The maximum Gasteiger partial charge on any atom is 0.328 e. The molecule has 0 aromatic heterocycles. The van der Waals surface area contributed by atoms with Gasteiger partial charge >= 0.3 is 5.97 Å². The molecule has 4 fully saturated rings. The number of unbranched alkanes of at least 4 members (excludes halogenated alkanes) is 1. The van der Waals surface area contributed by atoms with Gasteiger partial charge in [0, 0.05) is 51.9 Å². The third-order valence-electron chi connectivity index (χ3n) is 13.2. The molecule has 0 saturated carbocycles. The lowest BCUT2D eigenvalue weighted by atomic mass is 10.0. The van der Waals surface area contributed by atoms with E-state index < -0.39 is 158 Å². The molecule has 1 aromatic carbocycles. The van der Waals surface area contributed by atoms with Gasteiger partial charge in [-0.1, -0.05) is 12.1 Å². The number of amides is 8. The summed E-state index contributed by atoms with van der Waals surface area (Å²) in [5.74, 6) is -8.38. The van der Waals surface area contributed by atoms with Crippen molar-refractivity contribution in [1.29, 1.82) is 0 Å². The average Bonchev–Trinajstić information content (AvgIpc) is 4.15. The topological polar surface area (TPSA) is 408 Å². The maximum atomic E-state index is 14.7. The second kappa shape index (κ2) is 24.9. The van der Waals surface area contributed by atoms with Crippen molar-refractivity contribution < 1.29 is 78.9 Å². The van der Waals surface area contributed by atoms with E-state index in [4.69, 9.17) is 11.5 Å². The van der Waals surface area contributed by atoms with Crippen LogP contribution in [-0.4, -0.2) is 227 Å². The Hall–Kier alpha value is -6.03. The summed E-state index contributed by atoms with van der Waals surface area (Å²) in [6.45, 7) is 0.830. The predicted molar refractivity (Wildman–Crippen MR) is 246 cm³/mol. The number of carbonyl (C=O) groups is 9. The Bertz CT molecular complexity index is 2110. The second-order valence-corrected chi connectivity index (χ2v) is 18.8. The SMILES string of the molecule is C[C@H](N)C(=O)N[C@@H](CCCCN)C(=O)N1CCC[C@H]1C(=O)N[C@@H](CO)C(=O)N[C@@H](Cc1ccc(O)cc1)C(=O)N1C[C@H](O)C[C@H]1C(=O)N1C[C@H](O)C[C@H]1C(=O)N1C[C@H](O)C[C@H]1C(=O)N[C@H](C(=O)O)[C@@H](C)O. The van der Waals surface area contributed by atoms with Crippen molar-refractivity contribution in [1.82, 2.24) is 40.9 Å². The van der Waals surface area contributed by atoms with Crippen LogP contribution < -0.4 is 32.7 Å². The number of hydrogen-bond acceptors (Lipinski definition) is 17. The van der Waals surface area contributed by atoms with Crippen molar-refractivity contribution >= 4 is 53.2 Å². The average molecular weight is 1010 g/mol. The van der Waals surface area contributed by atoms with E-state index in [-0.39, 0.29) is 50.8 Å². The number of phenols is 1. The van der Waals surface area contributed by atoms with E-state index in [9.17, 15) is 78.9 Å². The van der Waals surface area contributed by atoms with E-state index in [1.54, 1.807) is 0 Å². The fourth-order valence-corrected chi connectivity index (χ4v) is 9.47. The minimum Gasteiger partial charge on any atom is -0.508 e. The van der Waals surface area contributed by atoms with Gasteiger partial charge < -0.3 is 88.1 Å². The van der Waals surface area contributed by atoms with Crippen molar-refractivity contribution in [3.63, 3.8) is 0 Å². The Morgan fingerprint density at radius 3 is 1.75 bits per heavy atom. The summed E-state index contributed by atoms with van der Waals surface area (Å²) < 4.78 is 0. The zero-order valence-corrected chi connectivity index (χ0v) is 39.7. The maximum absolute atomic E-state index is 14.7. The highest BCUT2D eigenvalue weighted by Gasteiger charge is 2.51. The number of hydrogen-bond donors (Lipinski definition) is 13. The highest BCUT2D eigenvalue weighted by molar-refractivity contribution is 5.99. The third-order valence-corrected chi connectivity index (χ3v) is 13.2. The molecule has 0 radical (unpaired) electrons. The first-order chi connectivity index (χ1) is 33.6. The molecule has 4 aliphatic heterocycles. The summed E-state index contributed by atoms with van der Waals surface area (Å²) in [6, 6.07) is -6.89. The fourth-order valence-electron chi connectivity index (χ4n) is 9.47. The predicted octanol–water partition coefficient (Wildman–Crippen LogP) is -6.32. The van der Waals surface area contributed by atoms with Crippen LogP contribution >= 0.6 is 0 Å². The van der Waals surface area contributed by atoms with Crippen LogP contribution in [0, 0.1) is 0 Å². The standard InChI is InChI=1S/C45H68N10O16/c1-22(47)37(62)48-29(6-3-4-12-46)41(66)52-13-5-7-32(52)39(64)50-31(21-56)38(63)49-30(14-24-8-10-25(58)11-9-24)42(67)54-19-27(60)16-34(54)44(69)55-20-28(61)17-35(55)43(68)53-18-26(59)15-33(53)40(65)51-36(23(2)57)45(70)71/h8-11,22-23,26-36,56-61H,3-7,12-21,46-47H2,1-2H3,(H,48,62)(H,49,63)(H,50,64)(H,51,65)(H,70,71)/t22-,23+,26+,27+,28+,29-,30-,31-,32-,33-,34-,35-,36-/m0/s1. The highest BCUT2D eigenvalue weighted by Crippen LogP contribution is 2.30. The highest BCUT2D eigenvalue weighted by atomic mass is 16.4. The smallest absolute Gasteiger partial charge is 0.328 e. The number of nitrogens with one attached hydrogen (secondary N) is 4. The van der Waals surface area contributed by atoms with Gasteiger partial charge in [0.15, 0.2) is 6.04 Å². The molecule has 8 amide bonds. The van der Waals surface area contributed by atoms with Gasteiger partial charge in [-0.2, -0.15) is 0 Å². The van der Waals surface area contributed by atoms with Crippen LogP contribution in [-0.2, 0) is 49.6 Å². The van der Waals surface area contributed by atoms with E-state index in [2.05, 4.69) is 21.3 Å². The number of carbonyl (C=O) groups excluding carboxylic acids is 8. The number of rotatable bonds is 21. The number of aliphatic hydroxyl groups is 5. The summed E-state index contributed by atoms with van der Waals surface area (Å²) in [5, 5.41) is 81.9. The normalized spacial score (nSPS) is 25.7. The van der Waals surface area contributed by atoms with Crippen LogP contribution in [0.1, 0.15) is 70.8 Å². The lowest BCUT2D eigenvalue weighted by Crippen LogP contribution is -2.60. The van der Waals surface area contributed by atoms with Gasteiger partial charge in [0.25, 0.3) is 0 Å². The number of likely N-dealkylation sites (tertiary alicyclic amines) is 4. The van der Waals surface area contributed by atoms with E-state index in [1.165, 1.54) is 36.1 Å². The third kappa shape index (κ3) is 13.9. The monoisotopic (exact) mass is 1000 g/mol. The number of benzene rings is 1. The number of carboxylic acid groups (broad SMARTS) is 1. The van der Waals surface area contributed by atoms with Gasteiger partial charge in [0.05, 0.1) is 37.1 Å².